The molecule has 2 aromatic carbocycles. The van der Waals surface area contributed by atoms with Gasteiger partial charge in [0, 0.05) is 23.6 Å². The summed E-state index contributed by atoms with van der Waals surface area (Å²) in [7, 11) is 3.16. The zero-order valence-electron chi connectivity index (χ0n) is 21.4. The third-order valence-electron chi connectivity index (χ3n) is 6.51. The van der Waals surface area contributed by atoms with Gasteiger partial charge in [-0.05, 0) is 48.6 Å². The number of para-hydroxylation sites is 1. The van der Waals surface area contributed by atoms with Gasteiger partial charge >= 0.3 is 0 Å². The van der Waals surface area contributed by atoms with Crippen LogP contribution in [0.2, 0.25) is 0 Å². The number of hydrogen-bond donors (Lipinski definition) is 1. The van der Waals surface area contributed by atoms with Gasteiger partial charge in [0.2, 0.25) is 17.7 Å². The van der Waals surface area contributed by atoms with Crippen LogP contribution in [0.1, 0.15) is 27.2 Å². The number of benzene rings is 2. The van der Waals surface area contributed by atoms with Gasteiger partial charge in [-0.2, -0.15) is 4.98 Å². The second-order valence-corrected chi connectivity index (χ2v) is 9.38. The van der Waals surface area contributed by atoms with E-state index in [9.17, 15) is 9.59 Å². The fourth-order valence-corrected chi connectivity index (χ4v) is 4.58. The number of pyridine rings is 1. The lowest BCUT2D eigenvalue weighted by Gasteiger charge is -2.30. The Labute approximate surface area is 211 Å². The number of likely N-dealkylation sites (tertiary alicyclic amines) is 1. The first-order chi connectivity index (χ1) is 17.3. The number of anilines is 1. The van der Waals surface area contributed by atoms with Crippen molar-refractivity contribution in [2.75, 3.05) is 26.1 Å². The van der Waals surface area contributed by atoms with Crippen molar-refractivity contribution >= 4 is 28.2 Å². The first-order valence-electron chi connectivity index (χ1n) is 12.1. The van der Waals surface area contributed by atoms with E-state index in [1.807, 2.05) is 68.4 Å². The minimum Gasteiger partial charge on any atom is -0.497 e. The van der Waals surface area contributed by atoms with Crippen LogP contribution in [0.4, 0.5) is 5.69 Å². The number of Topliss-reactive ketones (excluding diaryl/α,β-unsaturated/α-hetero) is 1. The van der Waals surface area contributed by atoms with Crippen molar-refractivity contribution in [1.29, 1.82) is 0 Å². The van der Waals surface area contributed by atoms with Crippen molar-refractivity contribution in [2.45, 2.75) is 45.4 Å². The van der Waals surface area contributed by atoms with Gasteiger partial charge in [-0.15, -0.1) is 0 Å². The largest absolute Gasteiger partial charge is 0.497 e. The molecule has 3 atom stereocenters. The zero-order valence-corrected chi connectivity index (χ0v) is 21.4. The van der Waals surface area contributed by atoms with Crippen LogP contribution in [0.15, 0.2) is 54.6 Å². The van der Waals surface area contributed by atoms with Crippen molar-refractivity contribution in [3.8, 4) is 17.5 Å². The Kier molecular flexibility index (Phi) is 7.62. The predicted octanol–water partition coefficient (Wildman–Crippen LogP) is 4.33. The van der Waals surface area contributed by atoms with Crippen molar-refractivity contribution in [3.05, 3.63) is 54.6 Å². The molecule has 4 rings (SSSR count). The van der Waals surface area contributed by atoms with Crippen molar-refractivity contribution in [3.63, 3.8) is 0 Å². The number of hydrogen-bond acceptors (Lipinski definition) is 7. The number of carbonyl (C=O) groups excluding carboxylic acids is 2. The Bertz CT molecular complexity index is 1230. The predicted molar refractivity (Wildman–Crippen MR) is 139 cm³/mol. The summed E-state index contributed by atoms with van der Waals surface area (Å²) in [5, 5.41) is 5.00. The normalized spacial score (nSPS) is 18.2. The van der Waals surface area contributed by atoms with Crippen LogP contribution in [0.3, 0.4) is 0 Å². The molecular weight excluding hydrogens is 458 g/mol. The third kappa shape index (κ3) is 5.37. The molecular formula is C28H33N3O5. The molecule has 3 aromatic rings. The molecule has 0 radical (unpaired) electrons. The fraction of sp³-hybridized carbons (Fsp3) is 0.393. The van der Waals surface area contributed by atoms with Crippen molar-refractivity contribution in [2.24, 2.45) is 5.92 Å². The number of ketones is 1. The van der Waals surface area contributed by atoms with Gasteiger partial charge < -0.3 is 24.4 Å². The first kappa shape index (κ1) is 25.3. The van der Waals surface area contributed by atoms with Gasteiger partial charge in [0.15, 0.2) is 5.78 Å². The zero-order chi connectivity index (χ0) is 25.8. The summed E-state index contributed by atoms with van der Waals surface area (Å²) >= 11 is 0. The van der Waals surface area contributed by atoms with Crippen LogP contribution in [0, 0.1) is 5.92 Å². The highest BCUT2D eigenvalue weighted by molar-refractivity contribution is 5.92. The molecule has 1 aromatic heterocycles. The first-order valence-corrected chi connectivity index (χ1v) is 12.1. The monoisotopic (exact) mass is 491 g/mol. The summed E-state index contributed by atoms with van der Waals surface area (Å²) in [5.74, 6) is 1.35. The molecule has 1 fully saturated rings. The van der Waals surface area contributed by atoms with E-state index in [0.29, 0.717) is 30.5 Å². The lowest BCUT2D eigenvalue weighted by molar-refractivity contribution is -0.138. The SMILES string of the molecule is COc1ccc2c(O[C@@H]3C[C@@H](C(C)=O)N(C(=O)C(Nc4ccccc4)C(C)C)C3)nc(OC)cc2c1. The Morgan fingerprint density at radius 3 is 2.44 bits per heavy atom. The summed E-state index contributed by atoms with van der Waals surface area (Å²) in [6.07, 6.45) is 0.00520. The number of nitrogens with zero attached hydrogens (tertiary/aromatic N) is 2. The number of methoxy groups -OCH3 is 2. The summed E-state index contributed by atoms with van der Waals surface area (Å²) in [5.41, 5.74) is 0.860. The molecule has 36 heavy (non-hydrogen) atoms. The summed E-state index contributed by atoms with van der Waals surface area (Å²) in [4.78, 5) is 32.4. The van der Waals surface area contributed by atoms with Gasteiger partial charge in [-0.25, -0.2) is 0 Å². The second kappa shape index (κ2) is 10.8. The smallest absolute Gasteiger partial charge is 0.246 e. The molecule has 1 saturated heterocycles. The maximum Gasteiger partial charge on any atom is 0.246 e. The van der Waals surface area contributed by atoms with Crippen LogP contribution in [-0.2, 0) is 9.59 Å². The fourth-order valence-electron chi connectivity index (χ4n) is 4.58. The Morgan fingerprint density at radius 2 is 1.81 bits per heavy atom. The topological polar surface area (TPSA) is 90.0 Å². The average Bonchev–Trinajstić information content (AvgIpc) is 3.31. The van der Waals surface area contributed by atoms with Gasteiger partial charge in [-0.3, -0.25) is 9.59 Å². The minimum absolute atomic E-state index is 0.0178. The third-order valence-corrected chi connectivity index (χ3v) is 6.51. The van der Waals surface area contributed by atoms with Gasteiger partial charge in [0.1, 0.15) is 17.9 Å². The number of fused-ring (bicyclic) bond motifs is 1. The molecule has 1 N–H and O–H groups in total. The Balaban J connectivity index is 1.59. The number of carbonyl (C=O) groups is 2. The van der Waals surface area contributed by atoms with E-state index in [2.05, 4.69) is 10.3 Å². The molecule has 0 saturated carbocycles. The van der Waals surface area contributed by atoms with E-state index >= 15 is 0 Å². The molecule has 2 heterocycles. The quantitative estimate of drug-likeness (QED) is 0.477. The van der Waals surface area contributed by atoms with Crippen LogP contribution in [0.25, 0.3) is 10.8 Å². The summed E-state index contributed by atoms with van der Waals surface area (Å²) in [6, 6.07) is 16.0. The Morgan fingerprint density at radius 1 is 1.06 bits per heavy atom. The average molecular weight is 492 g/mol. The number of ether oxygens (including phenoxy) is 3. The summed E-state index contributed by atoms with van der Waals surface area (Å²) in [6.45, 7) is 5.80. The molecule has 0 bridgehead atoms. The molecule has 8 heteroatoms. The molecule has 0 aliphatic carbocycles. The number of rotatable bonds is 9. The van der Waals surface area contributed by atoms with E-state index in [1.54, 1.807) is 19.1 Å². The molecule has 1 unspecified atom stereocenters. The van der Waals surface area contributed by atoms with E-state index < -0.39 is 18.2 Å². The second-order valence-electron chi connectivity index (χ2n) is 9.38. The van der Waals surface area contributed by atoms with Crippen LogP contribution < -0.4 is 19.5 Å². The lowest BCUT2D eigenvalue weighted by Crippen LogP contribution is -2.49. The highest BCUT2D eigenvalue weighted by Gasteiger charge is 2.42. The molecule has 190 valence electrons. The van der Waals surface area contributed by atoms with E-state index in [4.69, 9.17) is 14.2 Å². The minimum atomic E-state index is -0.557. The van der Waals surface area contributed by atoms with Crippen molar-refractivity contribution < 1.29 is 23.8 Å². The highest BCUT2D eigenvalue weighted by atomic mass is 16.5. The summed E-state index contributed by atoms with van der Waals surface area (Å²) < 4.78 is 17.0. The molecule has 0 spiro atoms. The number of nitrogens with one attached hydrogen (secondary N) is 1. The van der Waals surface area contributed by atoms with Gasteiger partial charge in [0.05, 0.1) is 26.8 Å². The standard InChI is InChI=1S/C28H33N3O5/c1-17(2)26(29-20-9-7-6-8-10-20)28(33)31-16-22(15-24(31)18(3)32)36-27-23-12-11-21(34-4)13-19(23)14-25(30-27)35-5/h6-14,17,22,24,26,29H,15-16H2,1-5H3/t22-,24+,26?/m1/s1. The van der Waals surface area contributed by atoms with Crippen molar-refractivity contribution in [1.82, 2.24) is 9.88 Å². The van der Waals surface area contributed by atoms with Crippen LogP contribution in [0.5, 0.6) is 17.5 Å². The van der Waals surface area contributed by atoms with E-state index in [0.717, 1.165) is 16.5 Å². The van der Waals surface area contributed by atoms with E-state index in [1.165, 1.54) is 6.92 Å². The lowest BCUT2D eigenvalue weighted by atomic mass is 10.0. The number of amides is 1. The maximum atomic E-state index is 13.7. The van der Waals surface area contributed by atoms with Crippen LogP contribution >= 0.6 is 0 Å². The highest BCUT2D eigenvalue weighted by Crippen LogP contribution is 2.33. The van der Waals surface area contributed by atoms with Crippen LogP contribution in [-0.4, -0.2) is 60.5 Å². The maximum absolute atomic E-state index is 13.7. The van der Waals surface area contributed by atoms with Gasteiger partial charge in [-0.1, -0.05) is 32.0 Å². The molecule has 8 nitrogen and oxygen atoms in total. The van der Waals surface area contributed by atoms with Gasteiger partial charge in [0.25, 0.3) is 0 Å². The Hall–Kier alpha value is -3.81. The number of aromatic nitrogens is 1. The molecule has 1 aliphatic rings. The molecule has 1 aliphatic heterocycles. The van der Waals surface area contributed by atoms with E-state index in [-0.39, 0.29) is 17.6 Å². The molecule has 1 amide bonds.